The van der Waals surface area contributed by atoms with Gasteiger partial charge in [-0.05, 0) is 51.0 Å². The van der Waals surface area contributed by atoms with Crippen molar-refractivity contribution in [2.75, 3.05) is 70.0 Å². The Kier molecular flexibility index (Phi) is 57.6. The van der Waals surface area contributed by atoms with E-state index in [0.29, 0.717) is 71.8 Å². The van der Waals surface area contributed by atoms with E-state index >= 15 is 0 Å². The molecule has 0 fully saturated rings. The maximum absolute atomic E-state index is 13.0. The van der Waals surface area contributed by atoms with Crippen molar-refractivity contribution in [3.8, 4) is 0 Å². The first-order valence-corrected chi connectivity index (χ1v) is 32.5. The van der Waals surface area contributed by atoms with Crippen LogP contribution >= 0.6 is 0 Å². The van der Waals surface area contributed by atoms with Crippen LogP contribution in [0.2, 0.25) is 49.4 Å². The summed E-state index contributed by atoms with van der Waals surface area (Å²) in [5, 5.41) is 0. The molecule has 0 aliphatic carbocycles. The minimum absolute atomic E-state index is 0. The molecule has 0 heterocycles. The van der Waals surface area contributed by atoms with Crippen LogP contribution in [0.15, 0.2) is 0 Å². The second-order valence-electron chi connectivity index (χ2n) is 13.3. The van der Waals surface area contributed by atoms with E-state index in [1.54, 1.807) is 13.1 Å². The Morgan fingerprint density at radius 2 is 0.719 bits per heavy atom. The normalized spacial score (nSPS) is 13.8. The first kappa shape index (κ1) is 85.3. The van der Waals surface area contributed by atoms with Gasteiger partial charge in [0.05, 0.1) is 6.54 Å². The molecule has 16 nitrogen and oxygen atoms in total. The summed E-state index contributed by atoms with van der Waals surface area (Å²) in [6.07, 6.45) is -6.19. The molecular formula is C31H79F9Mg2N2O14Si6. The van der Waals surface area contributed by atoms with E-state index in [2.05, 4.69) is 5.73 Å². The van der Waals surface area contributed by atoms with Crippen molar-refractivity contribution in [3.05, 3.63) is 0 Å². The van der Waals surface area contributed by atoms with Crippen molar-refractivity contribution in [1.29, 1.82) is 0 Å². The van der Waals surface area contributed by atoms with Crippen molar-refractivity contribution in [3.63, 3.8) is 0 Å². The van der Waals surface area contributed by atoms with E-state index in [0.717, 1.165) is 25.7 Å². The fraction of sp³-hybridized carbons (Fsp3) is 1.00. The molecule has 0 spiro atoms. The molecule has 0 aliphatic rings. The fourth-order valence-corrected chi connectivity index (χ4v) is 29.6. The van der Waals surface area contributed by atoms with E-state index in [9.17, 15) is 26.3 Å². The van der Waals surface area contributed by atoms with Gasteiger partial charge in [0.15, 0.2) is 0 Å². The number of alkyl halides is 6. The zero-order chi connectivity index (χ0) is 45.8. The zero-order valence-corrected chi connectivity index (χ0v) is 48.0. The van der Waals surface area contributed by atoms with Crippen LogP contribution < -0.4 is 25.6 Å². The van der Waals surface area contributed by atoms with Crippen LogP contribution in [0.3, 0.4) is 0 Å². The molecule has 0 saturated heterocycles. The Morgan fingerprint density at radius 3 is 0.891 bits per heavy atom. The van der Waals surface area contributed by atoms with E-state index in [-0.39, 0.29) is 62.2 Å². The molecule has 7 N–H and O–H groups in total. The first-order valence-electron chi connectivity index (χ1n) is 19.1. The molecule has 2 atom stereocenters. The van der Waals surface area contributed by atoms with Crippen LogP contribution in [-0.4, -0.2) is 185 Å². The summed E-state index contributed by atoms with van der Waals surface area (Å²) in [4.78, 5) is 0. The number of halogens is 9. The van der Waals surface area contributed by atoms with Gasteiger partial charge >= 0.3 is 113 Å². The van der Waals surface area contributed by atoms with Gasteiger partial charge in [-0.2, -0.15) is 26.3 Å². The van der Waals surface area contributed by atoms with E-state index in [1.807, 2.05) is 13.8 Å². The molecule has 2 unspecified atom stereocenters. The monoisotopic (exact) mass is 1090 g/mol. The summed E-state index contributed by atoms with van der Waals surface area (Å²) in [5.41, 5.74) is 9.37. The predicted molar refractivity (Wildman–Crippen MR) is 235 cm³/mol. The summed E-state index contributed by atoms with van der Waals surface area (Å²) < 4.78 is 155. The molecule has 64 heavy (non-hydrogen) atoms. The Bertz CT molecular complexity index is 919. The van der Waals surface area contributed by atoms with Crippen LogP contribution in [-0.2, 0) is 55.0 Å². The van der Waals surface area contributed by atoms with Crippen molar-refractivity contribution in [2.45, 2.75) is 134 Å². The standard InChI is InChI=1S/2C15H36F3NO6Si3.CH4.3FH.2Mg.H2O.O/c2*1-7-8-12-27(20-2,21-3)24-26(6,14-10-15(16,17)18)25-28(22-4,23-5)13-9-11-19;;;;;;;;/h2*7-14,19H2,1-6H3;1H4;3*1H;;;1H2;/q;;;;;;;+2;;/p-2. The quantitative estimate of drug-likeness (QED) is 0.0496. The fourth-order valence-electron chi connectivity index (χ4n) is 5.43. The van der Waals surface area contributed by atoms with Crippen LogP contribution in [0, 0.1) is 0 Å². The minimum atomic E-state index is -4.34. The van der Waals surface area contributed by atoms with E-state index in [4.69, 9.17) is 60.8 Å². The van der Waals surface area contributed by atoms with Gasteiger partial charge in [0.25, 0.3) is 0 Å². The Morgan fingerprint density at radius 1 is 0.500 bits per heavy atom. The summed E-state index contributed by atoms with van der Waals surface area (Å²) in [6, 6.07) is 1.22. The van der Waals surface area contributed by atoms with Crippen LogP contribution in [0.1, 0.15) is 72.6 Å². The van der Waals surface area contributed by atoms with E-state index < -0.39 is 77.5 Å². The third-order valence-corrected chi connectivity index (χ3v) is 31.8. The average Bonchev–Trinajstić information content (AvgIpc) is 3.20. The van der Waals surface area contributed by atoms with Gasteiger partial charge < -0.3 is 82.9 Å². The molecule has 0 amide bonds. The van der Waals surface area contributed by atoms with Crippen molar-refractivity contribution in [2.24, 2.45) is 5.73 Å². The molecule has 0 aromatic rings. The van der Waals surface area contributed by atoms with Gasteiger partial charge in [-0.25, -0.2) is 0 Å². The molecule has 0 radical (unpaired) electrons. The van der Waals surface area contributed by atoms with Gasteiger partial charge in [0.1, 0.15) is 0 Å². The van der Waals surface area contributed by atoms with Crippen molar-refractivity contribution < 1.29 is 107 Å². The van der Waals surface area contributed by atoms with Crippen LogP contribution in [0.25, 0.3) is 0 Å². The Balaban J connectivity index is -0.000000119. The molecule has 0 bridgehead atoms. The molecular weight excluding hydrogens is 1010 g/mol. The topological polar surface area (TPSA) is 213 Å². The number of rotatable bonds is 32. The predicted octanol–water partition coefficient (Wildman–Crippen LogP) is -3.46. The molecule has 388 valence electrons. The summed E-state index contributed by atoms with van der Waals surface area (Å²) >= 11 is 0.611. The van der Waals surface area contributed by atoms with Crippen LogP contribution in [0.5, 0.6) is 0 Å². The maximum atomic E-state index is 13.0. The first-order chi connectivity index (χ1) is 27.0. The molecule has 0 aromatic heterocycles. The van der Waals surface area contributed by atoms with E-state index in [1.165, 1.54) is 56.9 Å². The summed E-state index contributed by atoms with van der Waals surface area (Å²) in [5.74, 6) is 0. The van der Waals surface area contributed by atoms with Crippen LogP contribution in [0.4, 0.5) is 26.3 Å². The molecule has 0 saturated carbocycles. The molecule has 0 aliphatic heterocycles. The molecule has 0 aromatic carbocycles. The third-order valence-electron chi connectivity index (χ3n) is 8.79. The number of hydrogen-bond acceptors (Lipinski definition) is 14. The van der Waals surface area contributed by atoms with Gasteiger partial charge in [-0.15, -0.1) is 0 Å². The molecule has 33 heteroatoms. The zero-order valence-electron chi connectivity index (χ0n) is 39.2. The second kappa shape index (κ2) is 43.2. The van der Waals surface area contributed by atoms with Crippen molar-refractivity contribution >= 4 is 97.1 Å². The summed E-state index contributed by atoms with van der Waals surface area (Å²) in [7, 11) is -8.14. The number of quaternary nitrogens is 1. The number of hydrogen-bond donors (Lipinski definition) is 2. The average molecular weight is 1090 g/mol. The number of nitrogens with two attached hydrogens (primary N) is 1. The Hall–Kier alpha value is 1.40. The van der Waals surface area contributed by atoms with Gasteiger partial charge in [-0.1, -0.05) is 34.1 Å². The second-order valence-corrected chi connectivity index (χ2v) is 32.9. The number of unbranched alkanes of at least 4 members (excludes halogenated alkanes) is 2. The van der Waals surface area contributed by atoms with Gasteiger partial charge in [0.2, 0.25) is 0 Å². The Labute approximate surface area is 411 Å². The SMILES string of the molecule is C.CCCC[Si](OC)(OC)O[Si](C)(CCC(F)(F)F)O[Si](CCCN)(OC)OC.CCCC[Si](OC)(OC)O[Si](C)(CCC(F)(F)F)O[Si](CCC[NH3+])(OC)OC.O.[F-].[F-].[F-].[Mg+2].[O]=[Mg]. The van der Waals surface area contributed by atoms with Gasteiger partial charge in [-0.3, -0.25) is 0 Å². The van der Waals surface area contributed by atoms with Gasteiger partial charge in [0, 0.05) is 100 Å². The summed E-state index contributed by atoms with van der Waals surface area (Å²) in [6.45, 7) is 8.23. The van der Waals surface area contributed by atoms with Crippen molar-refractivity contribution in [1.82, 2.24) is 0 Å². The molecule has 0 rings (SSSR count). The third kappa shape index (κ3) is 35.5.